The number of carboxylic acids is 1. The predicted molar refractivity (Wildman–Crippen MR) is 74.0 cm³/mol. The van der Waals surface area contributed by atoms with Crippen molar-refractivity contribution >= 4 is 23.3 Å². The zero-order valence-corrected chi connectivity index (χ0v) is 11.1. The van der Waals surface area contributed by atoms with Gasteiger partial charge in [-0.25, -0.2) is 0 Å². The van der Waals surface area contributed by atoms with Crippen LogP contribution >= 0.6 is 0 Å². The van der Waals surface area contributed by atoms with Gasteiger partial charge < -0.3 is 16.2 Å². The summed E-state index contributed by atoms with van der Waals surface area (Å²) in [6, 6.07) is 3.73. The maximum absolute atomic E-state index is 11.4. The summed E-state index contributed by atoms with van der Waals surface area (Å²) < 4.78 is 0. The zero-order valence-electron chi connectivity index (χ0n) is 11.1. The molecular formula is C13H15N3O5. The van der Waals surface area contributed by atoms with Crippen LogP contribution in [0.15, 0.2) is 18.2 Å². The minimum Gasteiger partial charge on any atom is -0.481 e. The van der Waals surface area contributed by atoms with Crippen LogP contribution in [0.2, 0.25) is 0 Å². The summed E-state index contributed by atoms with van der Waals surface area (Å²) in [6.07, 6.45) is 1.67. The minimum atomic E-state index is -0.835. The number of aliphatic carboxylic acids is 1. The molecule has 1 aliphatic carbocycles. The number of amides is 1. The van der Waals surface area contributed by atoms with E-state index in [4.69, 9.17) is 10.8 Å². The fourth-order valence-corrected chi connectivity index (χ4v) is 2.53. The first-order chi connectivity index (χ1) is 9.88. The Hall–Kier alpha value is -2.64. The van der Waals surface area contributed by atoms with Crippen molar-refractivity contribution in [2.75, 3.05) is 5.32 Å². The van der Waals surface area contributed by atoms with E-state index in [-0.39, 0.29) is 17.3 Å². The predicted octanol–water partition coefficient (Wildman–Crippen LogP) is 1.36. The normalized spacial score (nSPS) is 21.0. The van der Waals surface area contributed by atoms with Crippen LogP contribution in [0.1, 0.15) is 29.6 Å². The van der Waals surface area contributed by atoms with E-state index in [1.165, 1.54) is 12.1 Å². The molecule has 1 saturated carbocycles. The number of non-ortho nitro benzene ring substituents is 1. The summed E-state index contributed by atoms with van der Waals surface area (Å²) in [4.78, 5) is 32.4. The van der Waals surface area contributed by atoms with Crippen molar-refractivity contribution in [1.82, 2.24) is 0 Å². The van der Waals surface area contributed by atoms with Crippen molar-refractivity contribution in [3.8, 4) is 0 Å². The van der Waals surface area contributed by atoms with Crippen LogP contribution in [0, 0.1) is 16.0 Å². The smallest absolute Gasteiger partial charge is 0.306 e. The first-order valence-corrected chi connectivity index (χ1v) is 6.46. The molecule has 8 heteroatoms. The Morgan fingerprint density at radius 3 is 2.62 bits per heavy atom. The summed E-state index contributed by atoms with van der Waals surface area (Å²) in [5.41, 5.74) is 5.44. The fraction of sp³-hybridized carbons (Fsp3) is 0.385. The number of anilines is 1. The first-order valence-electron chi connectivity index (χ1n) is 6.46. The van der Waals surface area contributed by atoms with Crippen LogP contribution < -0.4 is 11.1 Å². The third kappa shape index (κ3) is 3.28. The highest BCUT2D eigenvalue weighted by Crippen LogP contribution is 2.30. The average molecular weight is 293 g/mol. The standard InChI is InChI=1S/C13H15N3O5/c14-12(17)10-6-9(16(20)21)3-4-11(10)15-8-2-1-7(5-8)13(18)19/h3-4,6-8,15H,1-2,5H2,(H2,14,17)(H,18,19). The van der Waals surface area contributed by atoms with Crippen LogP contribution in [0.3, 0.4) is 0 Å². The molecule has 1 aliphatic rings. The lowest BCUT2D eigenvalue weighted by Gasteiger charge is -2.16. The number of hydrogen-bond acceptors (Lipinski definition) is 5. The molecule has 0 spiro atoms. The number of primary amides is 1. The van der Waals surface area contributed by atoms with E-state index in [0.29, 0.717) is 24.9 Å². The Balaban J connectivity index is 2.18. The summed E-state index contributed by atoms with van der Waals surface area (Å²) in [5, 5.41) is 22.7. The van der Waals surface area contributed by atoms with Crippen LogP contribution in [-0.2, 0) is 4.79 Å². The van der Waals surface area contributed by atoms with E-state index in [1.54, 1.807) is 0 Å². The highest BCUT2D eigenvalue weighted by molar-refractivity contribution is 5.99. The van der Waals surface area contributed by atoms with Gasteiger partial charge in [-0.3, -0.25) is 19.7 Å². The molecule has 2 unspecified atom stereocenters. The van der Waals surface area contributed by atoms with E-state index < -0.39 is 22.7 Å². The van der Waals surface area contributed by atoms with Gasteiger partial charge in [-0.15, -0.1) is 0 Å². The molecule has 1 aromatic carbocycles. The van der Waals surface area contributed by atoms with E-state index in [0.717, 1.165) is 6.07 Å². The summed E-state index contributed by atoms with van der Waals surface area (Å²) in [6.45, 7) is 0. The molecule has 1 fully saturated rings. The molecule has 0 bridgehead atoms. The van der Waals surface area contributed by atoms with Gasteiger partial charge in [0, 0.05) is 23.9 Å². The second-order valence-electron chi connectivity index (χ2n) is 5.04. The maximum atomic E-state index is 11.4. The van der Waals surface area contributed by atoms with E-state index in [1.807, 2.05) is 0 Å². The second-order valence-corrected chi connectivity index (χ2v) is 5.04. The van der Waals surface area contributed by atoms with Crippen molar-refractivity contribution in [2.24, 2.45) is 11.7 Å². The van der Waals surface area contributed by atoms with Gasteiger partial charge in [0.15, 0.2) is 0 Å². The molecule has 21 heavy (non-hydrogen) atoms. The largest absolute Gasteiger partial charge is 0.481 e. The zero-order chi connectivity index (χ0) is 15.6. The van der Waals surface area contributed by atoms with Gasteiger partial charge in [0.05, 0.1) is 16.4 Å². The Morgan fingerprint density at radius 2 is 2.10 bits per heavy atom. The average Bonchev–Trinajstić information content (AvgIpc) is 2.87. The van der Waals surface area contributed by atoms with Gasteiger partial charge in [0.25, 0.3) is 11.6 Å². The number of nitrogens with zero attached hydrogens (tertiary/aromatic N) is 1. The van der Waals surface area contributed by atoms with E-state index in [9.17, 15) is 19.7 Å². The Kier molecular flexibility index (Phi) is 4.06. The Bertz CT molecular complexity index is 601. The van der Waals surface area contributed by atoms with Crippen molar-refractivity contribution in [3.05, 3.63) is 33.9 Å². The molecule has 4 N–H and O–H groups in total. The van der Waals surface area contributed by atoms with Crippen LogP contribution in [0.25, 0.3) is 0 Å². The quantitative estimate of drug-likeness (QED) is 0.554. The van der Waals surface area contributed by atoms with Crippen molar-refractivity contribution < 1.29 is 19.6 Å². The number of nitrogens with one attached hydrogen (secondary N) is 1. The molecule has 2 atom stereocenters. The molecule has 1 aromatic rings. The van der Waals surface area contributed by atoms with Crippen molar-refractivity contribution in [1.29, 1.82) is 0 Å². The number of nitro benzene ring substituents is 1. The van der Waals surface area contributed by atoms with Gasteiger partial charge in [-0.1, -0.05) is 0 Å². The Labute approximate surface area is 120 Å². The Morgan fingerprint density at radius 1 is 1.38 bits per heavy atom. The monoisotopic (exact) mass is 293 g/mol. The number of carboxylic acid groups (broad SMARTS) is 1. The van der Waals surface area contributed by atoms with Crippen molar-refractivity contribution in [3.63, 3.8) is 0 Å². The van der Waals surface area contributed by atoms with Crippen LogP contribution in [0.4, 0.5) is 11.4 Å². The van der Waals surface area contributed by atoms with Crippen LogP contribution in [0.5, 0.6) is 0 Å². The molecule has 2 rings (SSSR count). The number of nitrogens with two attached hydrogens (primary N) is 1. The summed E-state index contributed by atoms with van der Waals surface area (Å²) >= 11 is 0. The first kappa shape index (κ1) is 14.8. The van der Waals surface area contributed by atoms with E-state index >= 15 is 0 Å². The van der Waals surface area contributed by atoms with Gasteiger partial charge in [0.2, 0.25) is 0 Å². The number of nitro groups is 1. The lowest BCUT2D eigenvalue weighted by Crippen LogP contribution is -2.21. The summed E-state index contributed by atoms with van der Waals surface area (Å²) in [5.74, 6) is -2.01. The number of rotatable bonds is 5. The molecule has 0 radical (unpaired) electrons. The fourth-order valence-electron chi connectivity index (χ4n) is 2.53. The molecule has 8 nitrogen and oxygen atoms in total. The lowest BCUT2D eigenvalue weighted by molar-refractivity contribution is -0.384. The van der Waals surface area contributed by atoms with Gasteiger partial charge in [-0.05, 0) is 25.3 Å². The topological polar surface area (TPSA) is 136 Å². The van der Waals surface area contributed by atoms with Gasteiger partial charge >= 0.3 is 5.97 Å². The molecule has 0 aromatic heterocycles. The van der Waals surface area contributed by atoms with Gasteiger partial charge in [-0.2, -0.15) is 0 Å². The highest BCUT2D eigenvalue weighted by atomic mass is 16.6. The highest BCUT2D eigenvalue weighted by Gasteiger charge is 2.30. The number of carbonyl (C=O) groups is 2. The van der Waals surface area contributed by atoms with Crippen LogP contribution in [-0.4, -0.2) is 27.9 Å². The van der Waals surface area contributed by atoms with E-state index in [2.05, 4.69) is 5.32 Å². The minimum absolute atomic E-state index is 0.0305. The third-order valence-electron chi connectivity index (χ3n) is 3.62. The number of hydrogen-bond donors (Lipinski definition) is 3. The molecule has 112 valence electrons. The second kappa shape index (κ2) is 5.78. The summed E-state index contributed by atoms with van der Waals surface area (Å²) in [7, 11) is 0. The molecule has 0 heterocycles. The number of carbonyl (C=O) groups excluding carboxylic acids is 1. The molecule has 0 saturated heterocycles. The SMILES string of the molecule is NC(=O)c1cc([N+](=O)[O-])ccc1NC1CCC(C(=O)O)C1. The maximum Gasteiger partial charge on any atom is 0.306 e. The lowest BCUT2D eigenvalue weighted by atomic mass is 10.1. The third-order valence-corrected chi connectivity index (χ3v) is 3.62. The molecule has 0 aliphatic heterocycles. The molecule has 1 amide bonds. The molecular weight excluding hydrogens is 278 g/mol. The number of benzene rings is 1. The van der Waals surface area contributed by atoms with Crippen molar-refractivity contribution in [2.45, 2.75) is 25.3 Å². The van der Waals surface area contributed by atoms with Gasteiger partial charge in [0.1, 0.15) is 0 Å².